The van der Waals surface area contributed by atoms with Gasteiger partial charge in [-0.3, -0.25) is 0 Å². The number of methoxy groups -OCH3 is 1. The minimum Gasteiger partial charge on any atom is -0.504 e. The third kappa shape index (κ3) is 4.95. The molecule has 0 bridgehead atoms. The molecule has 0 radical (unpaired) electrons. The average Bonchev–Trinajstić information content (AvgIpc) is 2.52. The fourth-order valence-corrected chi connectivity index (χ4v) is 2.53. The smallest absolute Gasteiger partial charge is 0.207 e. The Morgan fingerprint density at radius 3 is 2.25 bits per heavy atom. The summed E-state index contributed by atoms with van der Waals surface area (Å²) in [4.78, 5) is 0. The van der Waals surface area contributed by atoms with Gasteiger partial charge in [0.2, 0.25) is 11.5 Å². The number of allylic oxidation sites excluding steroid dienone is 4. The van der Waals surface area contributed by atoms with E-state index in [-0.39, 0.29) is 23.0 Å². The highest BCUT2D eigenvalue weighted by Gasteiger charge is 2.22. The van der Waals surface area contributed by atoms with Crippen molar-refractivity contribution in [3.05, 3.63) is 34.4 Å². The number of phenolic OH excluding ortho intramolecular Hbond substituents is 2. The third-order valence-electron chi connectivity index (χ3n) is 3.97. The van der Waals surface area contributed by atoms with Crippen LogP contribution >= 0.6 is 0 Å². The Bertz CT molecular complexity index is 623. The lowest BCUT2D eigenvalue weighted by molar-refractivity contribution is 0.282. The largest absolute Gasteiger partial charge is 0.504 e. The Morgan fingerprint density at radius 1 is 1.04 bits per heavy atom. The van der Waals surface area contributed by atoms with Gasteiger partial charge in [0.05, 0.1) is 13.7 Å². The summed E-state index contributed by atoms with van der Waals surface area (Å²) in [6.45, 7) is 10.2. The van der Waals surface area contributed by atoms with Crippen LogP contribution in [0.2, 0.25) is 0 Å². The summed E-state index contributed by atoms with van der Waals surface area (Å²) < 4.78 is 10.7. The molecule has 0 aromatic heterocycles. The molecule has 134 valence electrons. The summed E-state index contributed by atoms with van der Waals surface area (Å²) in [7, 11) is 1.45. The standard InChI is InChI=1S/C20H30O4/c1-7-24-20-17(21)15(5)16(18(22)19(20)23-6)12-11-14(4)10-8-9-13(2)3/h9,11,21-22H,7-8,10,12H2,1-6H3/b14-11+. The van der Waals surface area contributed by atoms with Crippen molar-refractivity contribution in [2.24, 2.45) is 0 Å². The van der Waals surface area contributed by atoms with Crippen LogP contribution in [0.5, 0.6) is 23.0 Å². The van der Waals surface area contributed by atoms with E-state index in [2.05, 4.69) is 32.9 Å². The first-order valence-corrected chi connectivity index (χ1v) is 8.36. The van der Waals surface area contributed by atoms with Crippen molar-refractivity contribution < 1.29 is 19.7 Å². The molecule has 0 saturated carbocycles. The van der Waals surface area contributed by atoms with Gasteiger partial charge in [0.25, 0.3) is 0 Å². The molecule has 4 nitrogen and oxygen atoms in total. The fraction of sp³-hybridized carbons (Fsp3) is 0.500. The maximum absolute atomic E-state index is 10.5. The van der Waals surface area contributed by atoms with E-state index in [0.717, 1.165) is 12.8 Å². The Kier molecular flexibility index (Phi) is 7.69. The van der Waals surface area contributed by atoms with Crippen LogP contribution in [0.1, 0.15) is 51.7 Å². The van der Waals surface area contributed by atoms with Crippen molar-refractivity contribution in [2.75, 3.05) is 13.7 Å². The summed E-state index contributed by atoms with van der Waals surface area (Å²) in [6.07, 6.45) is 6.82. The van der Waals surface area contributed by atoms with Gasteiger partial charge in [-0.2, -0.15) is 0 Å². The summed E-state index contributed by atoms with van der Waals surface area (Å²) in [5.41, 5.74) is 3.84. The van der Waals surface area contributed by atoms with Crippen molar-refractivity contribution in [1.82, 2.24) is 0 Å². The molecule has 1 aromatic rings. The van der Waals surface area contributed by atoms with E-state index in [9.17, 15) is 10.2 Å². The van der Waals surface area contributed by atoms with Crippen LogP contribution in [0.15, 0.2) is 23.3 Å². The monoisotopic (exact) mass is 334 g/mol. The number of aromatic hydroxyl groups is 2. The van der Waals surface area contributed by atoms with Gasteiger partial charge < -0.3 is 19.7 Å². The number of rotatable bonds is 8. The lowest BCUT2D eigenvalue weighted by Gasteiger charge is -2.18. The van der Waals surface area contributed by atoms with Crippen LogP contribution in [-0.2, 0) is 6.42 Å². The number of hydrogen-bond acceptors (Lipinski definition) is 4. The minimum absolute atomic E-state index is 0.0251. The van der Waals surface area contributed by atoms with E-state index < -0.39 is 0 Å². The number of benzene rings is 1. The van der Waals surface area contributed by atoms with Crippen LogP contribution in [0.3, 0.4) is 0 Å². The van der Waals surface area contributed by atoms with E-state index in [1.165, 1.54) is 18.3 Å². The van der Waals surface area contributed by atoms with Crippen LogP contribution in [-0.4, -0.2) is 23.9 Å². The van der Waals surface area contributed by atoms with Crippen molar-refractivity contribution >= 4 is 0 Å². The summed E-state index contributed by atoms with van der Waals surface area (Å²) in [5.74, 6) is 0.440. The average molecular weight is 334 g/mol. The maximum Gasteiger partial charge on any atom is 0.207 e. The van der Waals surface area contributed by atoms with Crippen molar-refractivity contribution in [1.29, 1.82) is 0 Å². The zero-order valence-corrected chi connectivity index (χ0v) is 15.7. The molecule has 0 amide bonds. The molecule has 0 heterocycles. The molecule has 1 aromatic carbocycles. The molecule has 2 N–H and O–H groups in total. The normalized spacial score (nSPS) is 11.3. The van der Waals surface area contributed by atoms with E-state index in [1.54, 1.807) is 6.92 Å². The van der Waals surface area contributed by atoms with Gasteiger partial charge >= 0.3 is 0 Å². The SMILES string of the molecule is CCOc1c(O)c(C)c(C/C=C(\C)CCC=C(C)C)c(O)c1OC. The molecule has 0 unspecified atom stereocenters. The van der Waals surface area contributed by atoms with E-state index >= 15 is 0 Å². The van der Waals surface area contributed by atoms with Crippen molar-refractivity contribution in [2.45, 2.75) is 53.9 Å². The molecular formula is C20H30O4. The van der Waals surface area contributed by atoms with Crippen LogP contribution in [0.4, 0.5) is 0 Å². The molecule has 24 heavy (non-hydrogen) atoms. The number of ether oxygens (including phenoxy) is 2. The van der Waals surface area contributed by atoms with Crippen LogP contribution in [0, 0.1) is 6.92 Å². The van der Waals surface area contributed by atoms with Crippen LogP contribution < -0.4 is 9.47 Å². The molecule has 0 aliphatic heterocycles. The van der Waals surface area contributed by atoms with E-state index in [0.29, 0.717) is 24.2 Å². The second-order valence-electron chi connectivity index (χ2n) is 6.17. The highest BCUT2D eigenvalue weighted by atomic mass is 16.5. The molecule has 0 aliphatic rings. The van der Waals surface area contributed by atoms with Gasteiger partial charge in [0.15, 0.2) is 11.5 Å². The Morgan fingerprint density at radius 2 is 1.71 bits per heavy atom. The quantitative estimate of drug-likeness (QED) is 0.516. The topological polar surface area (TPSA) is 58.9 Å². The highest BCUT2D eigenvalue weighted by molar-refractivity contribution is 5.66. The zero-order valence-electron chi connectivity index (χ0n) is 15.7. The molecule has 0 fully saturated rings. The Hall–Kier alpha value is -2.10. The minimum atomic E-state index is 0.0251. The lowest BCUT2D eigenvalue weighted by Crippen LogP contribution is -2.00. The molecule has 0 saturated heterocycles. The molecular weight excluding hydrogens is 304 g/mol. The first-order valence-electron chi connectivity index (χ1n) is 8.36. The summed E-state index contributed by atoms with van der Waals surface area (Å²) in [5, 5.41) is 20.9. The summed E-state index contributed by atoms with van der Waals surface area (Å²) in [6, 6.07) is 0. The predicted octanol–water partition coefficient (Wildman–Crippen LogP) is 5.05. The van der Waals surface area contributed by atoms with Crippen molar-refractivity contribution in [3.8, 4) is 23.0 Å². The van der Waals surface area contributed by atoms with Gasteiger partial charge in [-0.25, -0.2) is 0 Å². The lowest BCUT2D eigenvalue weighted by atomic mass is 9.99. The first kappa shape index (κ1) is 19.9. The highest BCUT2D eigenvalue weighted by Crippen LogP contribution is 2.48. The first-order chi connectivity index (χ1) is 11.3. The van der Waals surface area contributed by atoms with Crippen molar-refractivity contribution in [3.63, 3.8) is 0 Å². The fourth-order valence-electron chi connectivity index (χ4n) is 2.53. The number of hydrogen-bond donors (Lipinski definition) is 2. The van der Waals surface area contributed by atoms with E-state index in [1.807, 2.05) is 6.92 Å². The molecule has 4 heteroatoms. The van der Waals surface area contributed by atoms with E-state index in [4.69, 9.17) is 9.47 Å². The molecule has 0 spiro atoms. The second kappa shape index (κ2) is 9.26. The number of phenols is 2. The Labute approximate surface area is 145 Å². The van der Waals surface area contributed by atoms with Gasteiger partial charge in [0, 0.05) is 11.1 Å². The van der Waals surface area contributed by atoms with Gasteiger partial charge in [0.1, 0.15) is 0 Å². The Balaban J connectivity index is 3.08. The van der Waals surface area contributed by atoms with Crippen LogP contribution in [0.25, 0.3) is 0 Å². The second-order valence-corrected chi connectivity index (χ2v) is 6.17. The zero-order chi connectivity index (χ0) is 18.3. The van der Waals surface area contributed by atoms with Gasteiger partial charge in [-0.15, -0.1) is 0 Å². The predicted molar refractivity (Wildman–Crippen MR) is 98.4 cm³/mol. The molecule has 1 rings (SSSR count). The summed E-state index contributed by atoms with van der Waals surface area (Å²) >= 11 is 0. The molecule has 0 atom stereocenters. The third-order valence-corrected chi connectivity index (χ3v) is 3.97. The molecule has 0 aliphatic carbocycles. The van der Waals surface area contributed by atoms with Gasteiger partial charge in [-0.05, 0) is 53.9 Å². The maximum atomic E-state index is 10.5. The van der Waals surface area contributed by atoms with Gasteiger partial charge in [-0.1, -0.05) is 23.3 Å².